The van der Waals surface area contributed by atoms with Crippen molar-refractivity contribution in [2.45, 2.75) is 30.2 Å². The highest BCUT2D eigenvalue weighted by Crippen LogP contribution is 2.27. The van der Waals surface area contributed by atoms with Crippen molar-refractivity contribution in [1.82, 2.24) is 5.32 Å². The van der Waals surface area contributed by atoms with Crippen LogP contribution in [0.5, 0.6) is 0 Å². The van der Waals surface area contributed by atoms with Crippen LogP contribution < -0.4 is 5.32 Å². The van der Waals surface area contributed by atoms with Crippen molar-refractivity contribution in [1.29, 1.82) is 0 Å². The third kappa shape index (κ3) is 3.19. The van der Waals surface area contributed by atoms with Gasteiger partial charge in [-0.2, -0.15) is 0 Å². The Bertz CT molecular complexity index is 629. The van der Waals surface area contributed by atoms with E-state index in [4.69, 9.17) is 22.3 Å². The van der Waals surface area contributed by atoms with Gasteiger partial charge in [-0.1, -0.05) is 11.6 Å². The monoisotopic (exact) mass is 325 g/mol. The molecule has 1 aromatic rings. The van der Waals surface area contributed by atoms with Crippen LogP contribution >= 0.6 is 22.3 Å². The molecule has 0 bridgehead atoms. The number of halogens is 3. The predicted octanol–water partition coefficient (Wildman–Crippen LogP) is 2.69. The molecule has 8 heteroatoms. The Labute approximate surface area is 119 Å². The van der Waals surface area contributed by atoms with Crippen LogP contribution in [0.15, 0.2) is 17.0 Å². The summed E-state index contributed by atoms with van der Waals surface area (Å²) in [7, 11) is 0.827. The van der Waals surface area contributed by atoms with Gasteiger partial charge in [0.1, 0.15) is 10.7 Å². The summed E-state index contributed by atoms with van der Waals surface area (Å²) in [5.41, 5.74) is -0.103. The van der Waals surface area contributed by atoms with Gasteiger partial charge in [0.2, 0.25) is 0 Å². The molecule has 19 heavy (non-hydrogen) atoms. The Morgan fingerprint density at radius 2 is 2.00 bits per heavy atom. The molecule has 0 aromatic heterocycles. The van der Waals surface area contributed by atoms with E-state index in [1.165, 1.54) is 0 Å². The zero-order chi connectivity index (χ0) is 14.2. The number of benzene rings is 1. The molecular formula is C11H10Cl2FNO3S. The molecular weight excluding hydrogens is 316 g/mol. The van der Waals surface area contributed by atoms with E-state index in [0.29, 0.717) is 0 Å². The molecule has 1 fully saturated rings. The zero-order valence-corrected chi connectivity index (χ0v) is 11.9. The quantitative estimate of drug-likeness (QED) is 0.869. The second-order valence-electron chi connectivity index (χ2n) is 4.30. The van der Waals surface area contributed by atoms with Crippen LogP contribution in [0, 0.1) is 5.82 Å². The molecule has 4 nitrogen and oxygen atoms in total. The molecule has 0 unspecified atom stereocenters. The highest BCUT2D eigenvalue weighted by Gasteiger charge is 2.25. The van der Waals surface area contributed by atoms with Crippen LogP contribution in [-0.2, 0) is 9.05 Å². The van der Waals surface area contributed by atoms with Gasteiger partial charge in [-0.05, 0) is 31.4 Å². The minimum absolute atomic E-state index is 0.0599. The summed E-state index contributed by atoms with van der Waals surface area (Å²) < 4.78 is 35.8. The molecule has 1 saturated carbocycles. The molecule has 1 amide bonds. The van der Waals surface area contributed by atoms with Crippen LogP contribution in [0.25, 0.3) is 0 Å². The Balaban J connectivity index is 2.36. The molecule has 0 aliphatic heterocycles. The first-order chi connectivity index (χ1) is 8.79. The van der Waals surface area contributed by atoms with Gasteiger partial charge < -0.3 is 5.32 Å². The molecule has 1 aliphatic rings. The number of amides is 1. The minimum atomic E-state index is -4.27. The van der Waals surface area contributed by atoms with Gasteiger partial charge in [0.05, 0.1) is 10.6 Å². The van der Waals surface area contributed by atoms with E-state index in [1.807, 2.05) is 0 Å². The maximum absolute atomic E-state index is 13.4. The maximum atomic E-state index is 13.4. The fourth-order valence-corrected chi connectivity index (χ4v) is 2.85. The van der Waals surface area contributed by atoms with Crippen molar-refractivity contribution in [3.63, 3.8) is 0 Å². The lowest BCUT2D eigenvalue weighted by Gasteiger charge is -2.26. The molecule has 1 N–H and O–H groups in total. The normalized spacial score (nSPS) is 15.9. The lowest BCUT2D eigenvalue weighted by Crippen LogP contribution is -2.39. The zero-order valence-electron chi connectivity index (χ0n) is 9.62. The third-order valence-electron chi connectivity index (χ3n) is 2.97. The summed E-state index contributed by atoms with van der Waals surface area (Å²) in [4.78, 5) is 11.2. The first kappa shape index (κ1) is 14.6. The number of rotatable bonds is 3. The summed E-state index contributed by atoms with van der Waals surface area (Å²) >= 11 is 5.75. The SMILES string of the molecule is O=C(NC1CCC1)c1cc(S(=O)(=O)Cl)c(F)cc1Cl. The van der Waals surface area contributed by atoms with Gasteiger partial charge in [0.15, 0.2) is 0 Å². The number of hydrogen-bond acceptors (Lipinski definition) is 3. The van der Waals surface area contributed by atoms with Gasteiger partial charge in [0.25, 0.3) is 15.0 Å². The first-order valence-corrected chi connectivity index (χ1v) is 8.22. The first-order valence-electron chi connectivity index (χ1n) is 5.53. The van der Waals surface area contributed by atoms with Gasteiger partial charge >= 0.3 is 0 Å². The van der Waals surface area contributed by atoms with E-state index in [-0.39, 0.29) is 16.6 Å². The van der Waals surface area contributed by atoms with E-state index in [9.17, 15) is 17.6 Å². The summed E-state index contributed by atoms with van der Waals surface area (Å²) in [5.74, 6) is -1.61. The van der Waals surface area contributed by atoms with Crippen molar-refractivity contribution in [2.75, 3.05) is 0 Å². The average molecular weight is 326 g/mol. The molecule has 1 aromatic carbocycles. The molecule has 0 saturated heterocycles. The number of carbonyl (C=O) groups is 1. The summed E-state index contributed by atoms with van der Waals surface area (Å²) in [6, 6.07) is 1.69. The van der Waals surface area contributed by atoms with Gasteiger partial charge in [-0.15, -0.1) is 0 Å². The molecule has 2 rings (SSSR count). The number of hydrogen-bond donors (Lipinski definition) is 1. The van der Waals surface area contributed by atoms with E-state index in [1.54, 1.807) is 0 Å². The largest absolute Gasteiger partial charge is 0.349 e. The summed E-state index contributed by atoms with van der Waals surface area (Å²) in [6.45, 7) is 0. The Morgan fingerprint density at radius 3 is 2.47 bits per heavy atom. The van der Waals surface area contributed by atoms with Gasteiger partial charge in [0, 0.05) is 16.7 Å². The van der Waals surface area contributed by atoms with Crippen molar-refractivity contribution >= 4 is 37.2 Å². The Kier molecular flexibility index (Phi) is 4.03. The van der Waals surface area contributed by atoms with E-state index < -0.39 is 25.7 Å². The Hall–Kier alpha value is -0.850. The van der Waals surface area contributed by atoms with Crippen LogP contribution in [0.4, 0.5) is 4.39 Å². The van der Waals surface area contributed by atoms with Crippen LogP contribution in [0.3, 0.4) is 0 Å². The predicted molar refractivity (Wildman–Crippen MR) is 69.6 cm³/mol. The van der Waals surface area contributed by atoms with Crippen LogP contribution in [-0.4, -0.2) is 20.4 Å². The molecule has 0 atom stereocenters. The molecule has 104 valence electrons. The molecule has 0 spiro atoms. The lowest BCUT2D eigenvalue weighted by atomic mass is 9.93. The fourth-order valence-electron chi connectivity index (χ4n) is 1.71. The molecule has 0 radical (unpaired) electrons. The Morgan fingerprint density at radius 1 is 1.37 bits per heavy atom. The average Bonchev–Trinajstić information content (AvgIpc) is 2.21. The van der Waals surface area contributed by atoms with E-state index in [2.05, 4.69) is 5.32 Å². The van der Waals surface area contributed by atoms with Crippen molar-refractivity contribution in [3.8, 4) is 0 Å². The van der Waals surface area contributed by atoms with Crippen molar-refractivity contribution in [3.05, 3.63) is 28.5 Å². The standard InChI is InChI=1S/C11H10Cl2FNO3S/c12-8-5-9(14)10(19(13,17)18)4-7(8)11(16)15-6-2-1-3-6/h4-6H,1-3H2,(H,15,16). The van der Waals surface area contributed by atoms with Crippen LogP contribution in [0.1, 0.15) is 29.6 Å². The summed E-state index contributed by atoms with van der Waals surface area (Å²) in [6.07, 6.45) is 2.76. The third-order valence-corrected chi connectivity index (χ3v) is 4.62. The van der Waals surface area contributed by atoms with Crippen LogP contribution in [0.2, 0.25) is 5.02 Å². The second-order valence-corrected chi connectivity index (χ2v) is 7.24. The highest BCUT2D eigenvalue weighted by molar-refractivity contribution is 8.13. The van der Waals surface area contributed by atoms with E-state index >= 15 is 0 Å². The smallest absolute Gasteiger partial charge is 0.264 e. The minimum Gasteiger partial charge on any atom is -0.349 e. The van der Waals surface area contributed by atoms with Crippen molar-refractivity contribution < 1.29 is 17.6 Å². The molecule has 0 heterocycles. The van der Waals surface area contributed by atoms with Crippen molar-refractivity contribution in [2.24, 2.45) is 0 Å². The number of carbonyl (C=O) groups excluding carboxylic acids is 1. The van der Waals surface area contributed by atoms with Gasteiger partial charge in [-0.25, -0.2) is 12.8 Å². The topological polar surface area (TPSA) is 63.2 Å². The van der Waals surface area contributed by atoms with Gasteiger partial charge in [-0.3, -0.25) is 4.79 Å². The highest BCUT2D eigenvalue weighted by atomic mass is 35.7. The maximum Gasteiger partial charge on any atom is 0.264 e. The fraction of sp³-hybridized carbons (Fsp3) is 0.364. The lowest BCUT2D eigenvalue weighted by molar-refractivity contribution is 0.0917. The summed E-state index contributed by atoms with van der Waals surface area (Å²) in [5, 5.41) is 2.53. The number of nitrogens with one attached hydrogen (secondary N) is 1. The molecule has 1 aliphatic carbocycles. The van der Waals surface area contributed by atoms with E-state index in [0.717, 1.165) is 31.4 Å². The second kappa shape index (κ2) is 5.26.